The molecular weight excluding hydrogens is 286 g/mol. The van der Waals surface area contributed by atoms with E-state index in [1.807, 2.05) is 19.1 Å². The Morgan fingerprint density at radius 2 is 1.76 bits per heavy atom. The Kier molecular flexibility index (Phi) is 4.95. The molecule has 0 aliphatic carbocycles. The second-order valence-electron chi connectivity index (χ2n) is 4.60. The number of carbonyl (C=O) groups excluding carboxylic acids is 1. The van der Waals surface area contributed by atoms with Crippen molar-refractivity contribution in [3.05, 3.63) is 59.7 Å². The Balaban J connectivity index is 2.06. The van der Waals surface area contributed by atoms with E-state index in [-0.39, 0.29) is 11.8 Å². The lowest BCUT2D eigenvalue weighted by Crippen LogP contribution is -2.12. The van der Waals surface area contributed by atoms with Crippen molar-refractivity contribution >= 4 is 34.7 Å². The molecule has 0 saturated carbocycles. The van der Waals surface area contributed by atoms with E-state index in [2.05, 4.69) is 10.3 Å². The minimum Gasteiger partial charge on any atom is -0.386 e. The Labute approximate surface area is 128 Å². The van der Waals surface area contributed by atoms with Gasteiger partial charge in [0.1, 0.15) is 5.84 Å². The first-order chi connectivity index (χ1) is 10.1. The molecule has 1 amide bonds. The fraction of sp³-hybridized carbons (Fsp3) is 0.125. The predicted molar refractivity (Wildman–Crippen MR) is 87.6 cm³/mol. The minimum absolute atomic E-state index is 0.147. The number of rotatable bonds is 4. The predicted octanol–water partition coefficient (Wildman–Crippen LogP) is 3.47. The number of amidine groups is 1. The van der Waals surface area contributed by atoms with Crippen LogP contribution in [0.3, 0.4) is 0 Å². The molecule has 0 fully saturated rings. The van der Waals surface area contributed by atoms with Gasteiger partial charge >= 0.3 is 0 Å². The van der Waals surface area contributed by atoms with E-state index in [1.54, 1.807) is 36.4 Å². The molecule has 0 radical (unpaired) electrons. The van der Waals surface area contributed by atoms with Gasteiger partial charge in [0.15, 0.2) is 0 Å². The van der Waals surface area contributed by atoms with Crippen LogP contribution in [0.25, 0.3) is 0 Å². The zero-order chi connectivity index (χ0) is 15.2. The summed E-state index contributed by atoms with van der Waals surface area (Å²) in [5, 5.41) is 2.83. The largest absolute Gasteiger partial charge is 0.386 e. The Bertz CT molecular complexity index is 648. The number of anilines is 1. The van der Waals surface area contributed by atoms with Crippen LogP contribution in [0.1, 0.15) is 15.9 Å². The molecule has 2 aromatic rings. The lowest BCUT2D eigenvalue weighted by Gasteiger charge is -2.06. The fourth-order valence-electron chi connectivity index (χ4n) is 1.72. The summed E-state index contributed by atoms with van der Waals surface area (Å²) in [6.45, 7) is 1.98. The highest BCUT2D eigenvalue weighted by molar-refractivity contribution is 6.28. The highest BCUT2D eigenvalue weighted by Crippen LogP contribution is 2.17. The van der Waals surface area contributed by atoms with Crippen LogP contribution in [0.5, 0.6) is 0 Å². The normalized spacial score (nSPS) is 11.2. The van der Waals surface area contributed by atoms with E-state index in [1.165, 1.54) is 0 Å². The minimum atomic E-state index is -0.147. The summed E-state index contributed by atoms with van der Waals surface area (Å²) in [5.74, 6) is 0.394. The molecular formula is C16H16ClN3O. The van der Waals surface area contributed by atoms with Crippen LogP contribution in [-0.4, -0.2) is 17.6 Å². The molecule has 2 rings (SSSR count). The zero-order valence-electron chi connectivity index (χ0n) is 11.6. The van der Waals surface area contributed by atoms with Gasteiger partial charge in [-0.15, -0.1) is 11.6 Å². The van der Waals surface area contributed by atoms with Gasteiger partial charge in [0.05, 0.1) is 11.6 Å². The molecule has 0 aliphatic rings. The molecule has 3 N–H and O–H groups in total. The van der Waals surface area contributed by atoms with E-state index in [0.29, 0.717) is 22.8 Å². The third-order valence-electron chi connectivity index (χ3n) is 2.85. The van der Waals surface area contributed by atoms with Crippen molar-refractivity contribution in [2.24, 2.45) is 10.7 Å². The van der Waals surface area contributed by atoms with Crippen molar-refractivity contribution in [2.45, 2.75) is 6.92 Å². The number of aliphatic imine (C=N–C) groups is 1. The molecule has 0 atom stereocenters. The van der Waals surface area contributed by atoms with E-state index in [4.69, 9.17) is 17.3 Å². The fourth-order valence-corrected chi connectivity index (χ4v) is 1.78. The van der Waals surface area contributed by atoms with Crippen LogP contribution < -0.4 is 11.1 Å². The summed E-state index contributed by atoms with van der Waals surface area (Å²) < 4.78 is 0. The summed E-state index contributed by atoms with van der Waals surface area (Å²) in [4.78, 5) is 16.2. The summed E-state index contributed by atoms with van der Waals surface area (Å²) >= 11 is 5.57. The van der Waals surface area contributed by atoms with Crippen LogP contribution in [0, 0.1) is 6.92 Å². The topological polar surface area (TPSA) is 67.5 Å². The smallest absolute Gasteiger partial charge is 0.255 e. The molecule has 0 bridgehead atoms. The molecule has 5 heteroatoms. The molecule has 0 heterocycles. The second kappa shape index (κ2) is 6.90. The molecule has 0 spiro atoms. The first kappa shape index (κ1) is 15.1. The van der Waals surface area contributed by atoms with E-state index >= 15 is 0 Å². The summed E-state index contributed by atoms with van der Waals surface area (Å²) in [6.07, 6.45) is 0. The summed E-state index contributed by atoms with van der Waals surface area (Å²) in [6, 6.07) is 14.5. The maximum absolute atomic E-state index is 12.1. The highest BCUT2D eigenvalue weighted by atomic mass is 35.5. The van der Waals surface area contributed by atoms with Crippen molar-refractivity contribution in [3.63, 3.8) is 0 Å². The molecule has 0 aliphatic heterocycles. The van der Waals surface area contributed by atoms with E-state index in [0.717, 1.165) is 5.56 Å². The number of benzene rings is 2. The molecule has 2 aromatic carbocycles. The number of nitrogens with two attached hydrogens (primary N) is 1. The van der Waals surface area contributed by atoms with Gasteiger partial charge in [-0.05, 0) is 43.3 Å². The summed E-state index contributed by atoms with van der Waals surface area (Å²) in [5.41, 5.74) is 8.69. The third-order valence-corrected chi connectivity index (χ3v) is 3.12. The number of hydrogen-bond donors (Lipinski definition) is 2. The lowest BCUT2D eigenvalue weighted by molar-refractivity contribution is 0.102. The third kappa shape index (κ3) is 4.33. The van der Waals surface area contributed by atoms with Crippen LogP contribution in [0.15, 0.2) is 53.5 Å². The Hall–Kier alpha value is -2.33. The summed E-state index contributed by atoms with van der Waals surface area (Å²) in [7, 11) is 0. The molecule has 0 saturated heterocycles. The van der Waals surface area contributed by atoms with Gasteiger partial charge in [-0.1, -0.05) is 17.7 Å². The SMILES string of the molecule is Cc1ccc(C(=O)Nc2ccc(N=C(N)CCl)cc2)cc1. The van der Waals surface area contributed by atoms with Gasteiger partial charge in [0.2, 0.25) is 0 Å². The van der Waals surface area contributed by atoms with Crippen LogP contribution in [0.2, 0.25) is 0 Å². The number of hydrogen-bond acceptors (Lipinski definition) is 2. The highest BCUT2D eigenvalue weighted by Gasteiger charge is 2.05. The number of nitrogens with one attached hydrogen (secondary N) is 1. The Morgan fingerprint density at radius 1 is 1.14 bits per heavy atom. The van der Waals surface area contributed by atoms with Crippen molar-refractivity contribution in [1.82, 2.24) is 0 Å². The van der Waals surface area contributed by atoms with Gasteiger partial charge < -0.3 is 11.1 Å². The van der Waals surface area contributed by atoms with Crippen molar-refractivity contribution in [2.75, 3.05) is 11.2 Å². The van der Waals surface area contributed by atoms with E-state index in [9.17, 15) is 4.79 Å². The quantitative estimate of drug-likeness (QED) is 0.516. The maximum atomic E-state index is 12.1. The number of alkyl halides is 1. The second-order valence-corrected chi connectivity index (χ2v) is 4.87. The number of carbonyl (C=O) groups is 1. The monoisotopic (exact) mass is 301 g/mol. The lowest BCUT2D eigenvalue weighted by atomic mass is 10.1. The van der Waals surface area contributed by atoms with Crippen molar-refractivity contribution in [3.8, 4) is 0 Å². The van der Waals surface area contributed by atoms with Gasteiger partial charge in [-0.25, -0.2) is 4.99 Å². The first-order valence-electron chi connectivity index (χ1n) is 6.45. The molecule has 0 aromatic heterocycles. The van der Waals surface area contributed by atoms with Crippen molar-refractivity contribution in [1.29, 1.82) is 0 Å². The first-order valence-corrected chi connectivity index (χ1v) is 6.99. The van der Waals surface area contributed by atoms with Crippen LogP contribution in [0.4, 0.5) is 11.4 Å². The zero-order valence-corrected chi connectivity index (χ0v) is 12.4. The van der Waals surface area contributed by atoms with E-state index < -0.39 is 0 Å². The van der Waals surface area contributed by atoms with Gasteiger partial charge in [-0.2, -0.15) is 0 Å². The Morgan fingerprint density at radius 3 is 2.33 bits per heavy atom. The molecule has 21 heavy (non-hydrogen) atoms. The van der Waals surface area contributed by atoms with Crippen molar-refractivity contribution < 1.29 is 4.79 Å². The molecule has 108 valence electrons. The van der Waals surface area contributed by atoms with Gasteiger partial charge in [-0.3, -0.25) is 4.79 Å². The average Bonchev–Trinajstić information content (AvgIpc) is 2.49. The number of nitrogens with zero attached hydrogens (tertiary/aromatic N) is 1. The maximum Gasteiger partial charge on any atom is 0.255 e. The average molecular weight is 302 g/mol. The standard InChI is InChI=1S/C16H16ClN3O/c1-11-2-4-12(5-3-11)16(21)20-14-8-6-13(7-9-14)19-15(18)10-17/h2-9H,10H2,1H3,(H2,18,19)(H,20,21). The number of aryl methyl sites for hydroxylation is 1. The molecule has 0 unspecified atom stereocenters. The molecule has 4 nitrogen and oxygen atoms in total. The number of amides is 1. The van der Waals surface area contributed by atoms with Crippen LogP contribution in [-0.2, 0) is 0 Å². The van der Waals surface area contributed by atoms with Gasteiger partial charge in [0.25, 0.3) is 5.91 Å². The number of halogens is 1. The van der Waals surface area contributed by atoms with Gasteiger partial charge in [0, 0.05) is 11.3 Å². The van der Waals surface area contributed by atoms with Crippen LogP contribution >= 0.6 is 11.6 Å².